The minimum absolute atomic E-state index is 0.0587. The quantitative estimate of drug-likeness (QED) is 0.307. The minimum atomic E-state index is -4.69. The number of pyridine rings is 1. The summed E-state index contributed by atoms with van der Waals surface area (Å²) in [7, 11) is 0. The van der Waals surface area contributed by atoms with Gasteiger partial charge >= 0.3 is 12.2 Å². The molecule has 0 saturated heterocycles. The smallest absolute Gasteiger partial charge is 0.402 e. The van der Waals surface area contributed by atoms with Gasteiger partial charge in [-0.1, -0.05) is 53.6 Å². The molecule has 1 amide bonds. The van der Waals surface area contributed by atoms with Crippen LogP contribution in [-0.4, -0.2) is 42.9 Å². The van der Waals surface area contributed by atoms with Gasteiger partial charge in [0.25, 0.3) is 11.8 Å². The fraction of sp³-hybridized carbons (Fsp3) is 0.0714. The van der Waals surface area contributed by atoms with Gasteiger partial charge in [0.1, 0.15) is 11.8 Å². The number of aliphatic imine (C=N–C) groups is 1. The first-order valence-electron chi connectivity index (χ1n) is 12.2. The van der Waals surface area contributed by atoms with Crippen molar-refractivity contribution in [2.24, 2.45) is 4.99 Å². The lowest BCUT2D eigenvalue weighted by Crippen LogP contribution is -2.32. The van der Waals surface area contributed by atoms with Gasteiger partial charge < -0.3 is 15.1 Å². The van der Waals surface area contributed by atoms with Gasteiger partial charge in [0.2, 0.25) is 12.0 Å². The lowest BCUT2D eigenvalue weighted by Gasteiger charge is -2.12. The number of fused-ring (bicyclic) bond motifs is 1. The highest BCUT2D eigenvalue weighted by Crippen LogP contribution is 2.36. The highest BCUT2D eigenvalue weighted by molar-refractivity contribution is 6.19. The lowest BCUT2D eigenvalue weighted by molar-refractivity contribution is -0.137. The average Bonchev–Trinajstić information content (AvgIpc) is 3.42. The number of nitrogens with one attached hydrogen (secondary N) is 2. The molecule has 1 aliphatic rings. The molecule has 2 aromatic carbocycles. The number of nitriles is 1. The molecule has 14 heteroatoms. The molecule has 2 N–H and O–H groups in total. The SMILES string of the molecule is N#Cc1ncc(-c2cc(C(F)(F)F)cnc2-c2nnc(NC3N=C(c4ccccc4)c4ccccc4NC3=O)o2)cn1. The summed E-state index contributed by atoms with van der Waals surface area (Å²) in [6.07, 6.45) is -2.88. The van der Waals surface area contributed by atoms with Crippen molar-refractivity contribution in [3.8, 4) is 28.8 Å². The van der Waals surface area contributed by atoms with E-state index in [1.54, 1.807) is 18.2 Å². The number of rotatable bonds is 5. The van der Waals surface area contributed by atoms with Crippen molar-refractivity contribution in [1.82, 2.24) is 25.1 Å². The molecule has 0 aliphatic carbocycles. The first kappa shape index (κ1) is 26.3. The van der Waals surface area contributed by atoms with Crippen LogP contribution in [0.4, 0.5) is 24.9 Å². The Labute approximate surface area is 234 Å². The molecule has 11 nitrogen and oxygen atoms in total. The number of para-hydroxylation sites is 1. The summed E-state index contributed by atoms with van der Waals surface area (Å²) in [5, 5.41) is 22.5. The maximum Gasteiger partial charge on any atom is 0.417 e. The van der Waals surface area contributed by atoms with Crippen LogP contribution in [-0.2, 0) is 11.0 Å². The van der Waals surface area contributed by atoms with Crippen LogP contribution in [0.2, 0.25) is 0 Å². The van der Waals surface area contributed by atoms with Crippen molar-refractivity contribution in [2.45, 2.75) is 12.3 Å². The Bertz CT molecular complexity index is 1860. The van der Waals surface area contributed by atoms with Crippen molar-refractivity contribution < 1.29 is 22.4 Å². The van der Waals surface area contributed by atoms with Crippen LogP contribution < -0.4 is 10.6 Å². The molecule has 5 aromatic rings. The fourth-order valence-electron chi connectivity index (χ4n) is 4.21. The number of benzodiazepines with no additional fused rings is 1. The molecule has 0 fully saturated rings. The zero-order chi connectivity index (χ0) is 29.3. The maximum atomic E-state index is 13.5. The first-order valence-corrected chi connectivity index (χ1v) is 12.2. The molecule has 3 aromatic heterocycles. The zero-order valence-corrected chi connectivity index (χ0v) is 21.2. The summed E-state index contributed by atoms with van der Waals surface area (Å²) < 4.78 is 46.2. The van der Waals surface area contributed by atoms with Crippen LogP contribution >= 0.6 is 0 Å². The van der Waals surface area contributed by atoms with Gasteiger partial charge in [-0.3, -0.25) is 4.79 Å². The van der Waals surface area contributed by atoms with Crippen molar-refractivity contribution >= 4 is 23.3 Å². The Kier molecular flexibility index (Phi) is 6.59. The van der Waals surface area contributed by atoms with Crippen molar-refractivity contribution in [3.05, 3.63) is 102 Å². The molecule has 0 saturated carbocycles. The second-order valence-corrected chi connectivity index (χ2v) is 8.86. The molecule has 42 heavy (non-hydrogen) atoms. The van der Waals surface area contributed by atoms with Crippen LogP contribution in [0.15, 0.2) is 88.7 Å². The highest BCUT2D eigenvalue weighted by Gasteiger charge is 2.33. The van der Waals surface area contributed by atoms with Crippen LogP contribution in [0.25, 0.3) is 22.7 Å². The Morgan fingerprint density at radius 1 is 0.905 bits per heavy atom. The number of carbonyl (C=O) groups is 1. The van der Waals surface area contributed by atoms with Gasteiger partial charge in [-0.25, -0.2) is 19.9 Å². The number of amides is 1. The summed E-state index contributed by atoms with van der Waals surface area (Å²) in [5.74, 6) is -0.907. The standard InChI is InChI=1S/C28H16F3N9O2/c29-28(30,31)17-10-19(16-12-33-21(11-32)34-13-16)23(35-14-17)26-39-40-27(42-26)38-24-25(41)36-20-9-5-4-8-18(20)22(37-24)15-6-2-1-3-7-15/h1-10,12-14,24H,(H,36,41)(H,38,40). The molecular formula is C28H16F3N9O2. The van der Waals surface area contributed by atoms with E-state index < -0.39 is 23.8 Å². The van der Waals surface area contributed by atoms with Gasteiger partial charge in [0.05, 0.1) is 17.0 Å². The van der Waals surface area contributed by atoms with E-state index in [0.717, 1.165) is 11.6 Å². The Balaban J connectivity index is 1.37. The van der Waals surface area contributed by atoms with Crippen molar-refractivity contribution in [1.29, 1.82) is 5.26 Å². The predicted molar refractivity (Wildman–Crippen MR) is 143 cm³/mol. The summed E-state index contributed by atoms with van der Waals surface area (Å²) in [5.41, 5.74) is 1.52. The van der Waals surface area contributed by atoms with Gasteiger partial charge in [0.15, 0.2) is 0 Å². The van der Waals surface area contributed by atoms with E-state index in [2.05, 4.69) is 40.8 Å². The predicted octanol–water partition coefficient (Wildman–Crippen LogP) is 4.71. The third-order valence-corrected chi connectivity index (χ3v) is 6.16. The molecule has 1 aliphatic heterocycles. The Morgan fingerprint density at radius 3 is 2.38 bits per heavy atom. The number of aromatic nitrogens is 5. The van der Waals surface area contributed by atoms with Crippen LogP contribution in [0, 0.1) is 11.3 Å². The molecule has 4 heterocycles. The molecule has 0 radical (unpaired) electrons. The van der Waals surface area contributed by atoms with Gasteiger partial charge in [-0.05, 0) is 12.1 Å². The monoisotopic (exact) mass is 567 g/mol. The van der Waals surface area contributed by atoms with E-state index in [1.807, 2.05) is 42.5 Å². The van der Waals surface area contributed by atoms with Crippen LogP contribution in [0.3, 0.4) is 0 Å². The van der Waals surface area contributed by atoms with E-state index in [4.69, 9.17) is 9.68 Å². The molecular weight excluding hydrogens is 551 g/mol. The summed E-state index contributed by atoms with van der Waals surface area (Å²) in [6.45, 7) is 0. The van der Waals surface area contributed by atoms with E-state index in [-0.39, 0.29) is 34.6 Å². The molecule has 0 bridgehead atoms. The summed E-state index contributed by atoms with van der Waals surface area (Å²) >= 11 is 0. The normalized spacial score (nSPS) is 14.7. The number of anilines is 2. The van der Waals surface area contributed by atoms with Crippen molar-refractivity contribution in [3.63, 3.8) is 0 Å². The zero-order valence-electron chi connectivity index (χ0n) is 21.2. The number of nitrogens with zero attached hydrogens (tertiary/aromatic N) is 7. The summed E-state index contributed by atoms with van der Waals surface area (Å²) in [6, 6.07) is 18.8. The number of hydrogen-bond acceptors (Lipinski definition) is 10. The van der Waals surface area contributed by atoms with Crippen molar-refractivity contribution in [2.75, 3.05) is 10.6 Å². The molecule has 206 valence electrons. The lowest BCUT2D eigenvalue weighted by atomic mass is 10.0. The fourth-order valence-corrected chi connectivity index (χ4v) is 4.21. The third-order valence-electron chi connectivity index (χ3n) is 6.16. The number of hydrogen-bond donors (Lipinski definition) is 2. The first-order chi connectivity index (χ1) is 20.3. The summed E-state index contributed by atoms with van der Waals surface area (Å²) in [4.78, 5) is 29.4. The van der Waals surface area contributed by atoms with Crippen LogP contribution in [0.1, 0.15) is 22.5 Å². The van der Waals surface area contributed by atoms with E-state index in [9.17, 15) is 18.0 Å². The van der Waals surface area contributed by atoms with E-state index >= 15 is 0 Å². The number of alkyl halides is 3. The van der Waals surface area contributed by atoms with Crippen LogP contribution in [0.5, 0.6) is 0 Å². The topological polar surface area (TPSA) is 155 Å². The maximum absolute atomic E-state index is 13.5. The Morgan fingerprint density at radius 2 is 1.64 bits per heavy atom. The second kappa shape index (κ2) is 10.5. The minimum Gasteiger partial charge on any atom is -0.402 e. The largest absolute Gasteiger partial charge is 0.417 e. The molecule has 6 rings (SSSR count). The number of halogens is 3. The second-order valence-electron chi connectivity index (χ2n) is 8.86. The van der Waals surface area contributed by atoms with Gasteiger partial charge in [-0.2, -0.15) is 18.4 Å². The molecule has 1 atom stereocenters. The number of carbonyl (C=O) groups excluding carboxylic acids is 1. The van der Waals surface area contributed by atoms with Gasteiger partial charge in [0, 0.05) is 40.8 Å². The molecule has 1 unspecified atom stereocenters. The Hall–Kier alpha value is -5.97. The van der Waals surface area contributed by atoms with E-state index in [0.29, 0.717) is 23.2 Å². The third kappa shape index (κ3) is 5.13. The average molecular weight is 567 g/mol. The van der Waals surface area contributed by atoms with E-state index in [1.165, 1.54) is 12.4 Å². The highest BCUT2D eigenvalue weighted by atomic mass is 19.4. The van der Waals surface area contributed by atoms with Gasteiger partial charge in [-0.15, -0.1) is 5.10 Å². The molecule has 0 spiro atoms. The number of benzene rings is 2.